The molecule has 0 unspecified atom stereocenters. The highest BCUT2D eigenvalue weighted by atomic mass is 16.6. The van der Waals surface area contributed by atoms with Gasteiger partial charge in [-0.3, -0.25) is 0 Å². The molecule has 0 aromatic heterocycles. The maximum absolute atomic E-state index is 12.4. The van der Waals surface area contributed by atoms with Crippen molar-refractivity contribution in [2.75, 3.05) is 18.4 Å². The highest BCUT2D eigenvalue weighted by molar-refractivity contribution is 5.67. The van der Waals surface area contributed by atoms with Crippen LogP contribution in [0.25, 0.3) is 0 Å². The average molecular weight is 338 g/mol. The first-order valence-electron chi connectivity index (χ1n) is 8.99. The van der Waals surface area contributed by atoms with Crippen LogP contribution >= 0.6 is 0 Å². The van der Waals surface area contributed by atoms with Gasteiger partial charge in [-0.2, -0.15) is 0 Å². The molecule has 1 saturated heterocycles. The number of hydrogen-bond acceptors (Lipinski definition) is 3. The number of nitrogens with one attached hydrogen (secondary N) is 1. The number of nitrogens with zero attached hydrogens (tertiary/aromatic N) is 1. The lowest BCUT2D eigenvalue weighted by molar-refractivity contribution is 0.0773. The zero-order valence-electron chi connectivity index (χ0n) is 14.7. The second-order valence-corrected chi connectivity index (χ2v) is 6.69. The van der Waals surface area contributed by atoms with E-state index in [2.05, 4.69) is 24.4 Å². The summed E-state index contributed by atoms with van der Waals surface area (Å²) in [6, 6.07) is 20.3. The second-order valence-electron chi connectivity index (χ2n) is 6.69. The first kappa shape index (κ1) is 17.3. The van der Waals surface area contributed by atoms with Gasteiger partial charge in [-0.05, 0) is 43.4 Å². The Morgan fingerprint density at radius 1 is 1.16 bits per heavy atom. The SMILES string of the molecule is C[C@@H](Nc1ccccc1)[C@@H]1CCCN(C(=O)OCc2ccccc2)C1. The van der Waals surface area contributed by atoms with Gasteiger partial charge in [0.25, 0.3) is 0 Å². The van der Waals surface area contributed by atoms with Crippen molar-refractivity contribution in [3.63, 3.8) is 0 Å². The third-order valence-corrected chi connectivity index (χ3v) is 4.80. The minimum Gasteiger partial charge on any atom is -0.445 e. The number of carbonyl (C=O) groups is 1. The highest BCUT2D eigenvalue weighted by Gasteiger charge is 2.28. The average Bonchev–Trinajstić information content (AvgIpc) is 2.68. The fourth-order valence-corrected chi connectivity index (χ4v) is 3.31. The van der Waals surface area contributed by atoms with Crippen LogP contribution < -0.4 is 5.32 Å². The minimum atomic E-state index is -0.208. The molecule has 1 amide bonds. The third-order valence-electron chi connectivity index (χ3n) is 4.80. The number of para-hydroxylation sites is 1. The Morgan fingerprint density at radius 2 is 1.84 bits per heavy atom. The predicted octanol–water partition coefficient (Wildman–Crippen LogP) is 4.54. The van der Waals surface area contributed by atoms with Crippen LogP contribution in [-0.2, 0) is 11.3 Å². The van der Waals surface area contributed by atoms with Gasteiger partial charge < -0.3 is 15.0 Å². The van der Waals surface area contributed by atoms with Crippen molar-refractivity contribution in [1.29, 1.82) is 0 Å². The summed E-state index contributed by atoms with van der Waals surface area (Å²) in [5.74, 6) is 0.429. The molecular formula is C21H26N2O2. The fraction of sp³-hybridized carbons (Fsp3) is 0.381. The maximum Gasteiger partial charge on any atom is 0.410 e. The Hall–Kier alpha value is -2.49. The van der Waals surface area contributed by atoms with Gasteiger partial charge in [0.15, 0.2) is 0 Å². The minimum absolute atomic E-state index is 0.208. The Bertz CT molecular complexity index is 660. The van der Waals surface area contributed by atoms with E-state index in [4.69, 9.17) is 4.74 Å². The molecule has 132 valence electrons. The lowest BCUT2D eigenvalue weighted by Crippen LogP contribution is -2.44. The Morgan fingerprint density at radius 3 is 2.56 bits per heavy atom. The van der Waals surface area contributed by atoms with E-state index in [9.17, 15) is 4.79 Å². The number of anilines is 1. The first-order chi connectivity index (χ1) is 12.2. The molecule has 0 radical (unpaired) electrons. The summed E-state index contributed by atoms with van der Waals surface area (Å²) in [7, 11) is 0. The summed E-state index contributed by atoms with van der Waals surface area (Å²) in [5.41, 5.74) is 2.14. The molecule has 1 aliphatic rings. The summed E-state index contributed by atoms with van der Waals surface area (Å²) in [5, 5.41) is 3.55. The molecule has 0 bridgehead atoms. The number of hydrogen-bond donors (Lipinski definition) is 1. The van der Waals surface area contributed by atoms with Gasteiger partial charge in [0.2, 0.25) is 0 Å². The van der Waals surface area contributed by atoms with Gasteiger partial charge in [0.1, 0.15) is 6.61 Å². The van der Waals surface area contributed by atoms with E-state index in [1.807, 2.05) is 53.4 Å². The molecule has 0 aliphatic carbocycles. The van der Waals surface area contributed by atoms with Gasteiger partial charge in [-0.1, -0.05) is 48.5 Å². The van der Waals surface area contributed by atoms with E-state index in [0.29, 0.717) is 18.6 Å². The number of carbonyl (C=O) groups excluding carboxylic acids is 1. The van der Waals surface area contributed by atoms with E-state index in [-0.39, 0.29) is 6.09 Å². The van der Waals surface area contributed by atoms with Crippen molar-refractivity contribution >= 4 is 11.8 Å². The summed E-state index contributed by atoms with van der Waals surface area (Å²) >= 11 is 0. The number of rotatable bonds is 5. The van der Waals surface area contributed by atoms with Crippen molar-refractivity contribution in [3.05, 3.63) is 66.2 Å². The molecule has 1 heterocycles. The quantitative estimate of drug-likeness (QED) is 0.870. The summed E-state index contributed by atoms with van der Waals surface area (Å²) in [4.78, 5) is 14.2. The van der Waals surface area contributed by atoms with Crippen molar-refractivity contribution in [1.82, 2.24) is 4.90 Å². The number of likely N-dealkylation sites (tertiary alicyclic amines) is 1. The third kappa shape index (κ3) is 4.99. The van der Waals surface area contributed by atoms with Crippen LogP contribution in [0.1, 0.15) is 25.3 Å². The summed E-state index contributed by atoms with van der Waals surface area (Å²) in [6.07, 6.45) is 1.94. The van der Waals surface area contributed by atoms with Crippen molar-refractivity contribution in [3.8, 4) is 0 Å². The van der Waals surface area contributed by atoms with Crippen LogP contribution in [0.2, 0.25) is 0 Å². The summed E-state index contributed by atoms with van der Waals surface area (Å²) in [6.45, 7) is 4.05. The Balaban J connectivity index is 1.50. The molecular weight excluding hydrogens is 312 g/mol. The largest absolute Gasteiger partial charge is 0.445 e. The van der Waals surface area contributed by atoms with Crippen LogP contribution in [0.15, 0.2) is 60.7 Å². The van der Waals surface area contributed by atoms with E-state index in [1.165, 1.54) is 0 Å². The molecule has 2 atom stereocenters. The second kappa shape index (κ2) is 8.56. The molecule has 25 heavy (non-hydrogen) atoms. The smallest absolute Gasteiger partial charge is 0.410 e. The number of ether oxygens (including phenoxy) is 1. The van der Waals surface area contributed by atoms with Crippen molar-refractivity contribution in [2.45, 2.75) is 32.4 Å². The zero-order chi connectivity index (χ0) is 17.5. The van der Waals surface area contributed by atoms with Gasteiger partial charge >= 0.3 is 6.09 Å². The molecule has 2 aromatic carbocycles. The number of amides is 1. The Labute approximate surface area is 149 Å². The lowest BCUT2D eigenvalue weighted by atomic mass is 9.91. The van der Waals surface area contributed by atoms with Crippen molar-refractivity contribution < 1.29 is 9.53 Å². The maximum atomic E-state index is 12.4. The van der Waals surface area contributed by atoms with Gasteiger partial charge in [-0.15, -0.1) is 0 Å². The van der Waals surface area contributed by atoms with Crippen LogP contribution in [0.5, 0.6) is 0 Å². The van der Waals surface area contributed by atoms with E-state index < -0.39 is 0 Å². The molecule has 0 spiro atoms. The fourth-order valence-electron chi connectivity index (χ4n) is 3.31. The number of piperidine rings is 1. The first-order valence-corrected chi connectivity index (χ1v) is 8.99. The van der Waals surface area contributed by atoms with Crippen LogP contribution in [0.4, 0.5) is 10.5 Å². The van der Waals surface area contributed by atoms with E-state index >= 15 is 0 Å². The standard InChI is InChI=1S/C21H26N2O2/c1-17(22-20-12-6-3-7-13-20)19-11-8-14-23(15-19)21(24)25-16-18-9-4-2-5-10-18/h2-7,9-10,12-13,17,19,22H,8,11,14-16H2,1H3/t17-,19-/m1/s1. The highest BCUT2D eigenvalue weighted by Crippen LogP contribution is 2.23. The van der Waals surface area contributed by atoms with Crippen LogP contribution in [0, 0.1) is 5.92 Å². The molecule has 1 fully saturated rings. The molecule has 0 saturated carbocycles. The monoisotopic (exact) mass is 338 g/mol. The van der Waals surface area contributed by atoms with Gasteiger partial charge in [-0.25, -0.2) is 4.79 Å². The molecule has 1 aliphatic heterocycles. The lowest BCUT2D eigenvalue weighted by Gasteiger charge is -2.35. The van der Waals surface area contributed by atoms with Gasteiger partial charge in [0, 0.05) is 24.8 Å². The predicted molar refractivity (Wildman–Crippen MR) is 100 cm³/mol. The molecule has 3 rings (SSSR count). The number of benzene rings is 2. The Kier molecular flexibility index (Phi) is 5.94. The topological polar surface area (TPSA) is 41.6 Å². The van der Waals surface area contributed by atoms with Crippen LogP contribution in [0.3, 0.4) is 0 Å². The van der Waals surface area contributed by atoms with Crippen molar-refractivity contribution in [2.24, 2.45) is 5.92 Å². The van der Waals surface area contributed by atoms with E-state index in [1.54, 1.807) is 0 Å². The van der Waals surface area contributed by atoms with Crippen LogP contribution in [-0.4, -0.2) is 30.1 Å². The van der Waals surface area contributed by atoms with E-state index in [0.717, 1.165) is 37.2 Å². The zero-order valence-corrected chi connectivity index (χ0v) is 14.7. The molecule has 2 aromatic rings. The summed E-state index contributed by atoms with van der Waals surface area (Å²) < 4.78 is 5.48. The normalized spacial score (nSPS) is 18.4. The van der Waals surface area contributed by atoms with Gasteiger partial charge in [0.05, 0.1) is 0 Å². The molecule has 4 nitrogen and oxygen atoms in total. The molecule has 1 N–H and O–H groups in total. The molecule has 4 heteroatoms.